The van der Waals surface area contributed by atoms with Crippen LogP contribution in [0.2, 0.25) is 0 Å². The van der Waals surface area contributed by atoms with Gasteiger partial charge in [0, 0.05) is 12.2 Å². The van der Waals surface area contributed by atoms with E-state index in [9.17, 15) is 9.59 Å². The topological polar surface area (TPSA) is 84.7 Å². The number of carbonyl (C=O) groups is 2. The van der Waals surface area contributed by atoms with Crippen molar-refractivity contribution in [1.29, 1.82) is 0 Å². The highest BCUT2D eigenvalue weighted by Crippen LogP contribution is 2.15. The highest BCUT2D eigenvalue weighted by atomic mass is 16.5. The van der Waals surface area contributed by atoms with Crippen LogP contribution in [0.5, 0.6) is 0 Å². The molecule has 2 heterocycles. The van der Waals surface area contributed by atoms with Gasteiger partial charge in [0.2, 0.25) is 0 Å². The van der Waals surface area contributed by atoms with Gasteiger partial charge in [-0.25, -0.2) is 4.79 Å². The Hall–Kier alpha value is -2.67. The van der Waals surface area contributed by atoms with Crippen LogP contribution in [0.3, 0.4) is 0 Å². The molecule has 0 unspecified atom stereocenters. The fraction of sp³-hybridized carbons (Fsp3) is 0.353. The number of carbonyl (C=O) groups excluding carboxylic acids is 1. The smallest absolute Gasteiger partial charge is 0.334 e. The maximum Gasteiger partial charge on any atom is 0.334 e. The van der Waals surface area contributed by atoms with Gasteiger partial charge in [-0.2, -0.15) is 5.10 Å². The van der Waals surface area contributed by atoms with E-state index in [-0.39, 0.29) is 19.1 Å². The molecular weight excluding hydrogens is 310 g/mol. The van der Waals surface area contributed by atoms with Crippen LogP contribution in [0.1, 0.15) is 21.6 Å². The summed E-state index contributed by atoms with van der Waals surface area (Å²) in [4.78, 5) is 25.2. The van der Waals surface area contributed by atoms with Gasteiger partial charge in [-0.05, 0) is 12.5 Å². The Bertz CT molecular complexity index is 742. The minimum absolute atomic E-state index is 0.0530. The molecule has 2 aromatic rings. The molecule has 0 saturated carbocycles. The zero-order valence-electron chi connectivity index (χ0n) is 13.4. The van der Waals surface area contributed by atoms with Gasteiger partial charge in [-0.1, -0.05) is 30.3 Å². The van der Waals surface area contributed by atoms with Crippen LogP contribution in [-0.4, -0.2) is 57.5 Å². The highest BCUT2D eigenvalue weighted by Gasteiger charge is 2.30. The quantitative estimate of drug-likeness (QED) is 0.910. The number of carboxylic acids is 1. The average Bonchev–Trinajstić information content (AvgIpc) is 2.96. The minimum Gasteiger partial charge on any atom is -0.479 e. The molecule has 0 aliphatic carbocycles. The summed E-state index contributed by atoms with van der Waals surface area (Å²) in [6.45, 7) is 3.09. The second kappa shape index (κ2) is 6.84. The first-order valence-electron chi connectivity index (χ1n) is 7.76. The second-order valence-corrected chi connectivity index (χ2v) is 5.74. The third kappa shape index (κ3) is 3.30. The molecule has 1 saturated heterocycles. The zero-order chi connectivity index (χ0) is 17.1. The zero-order valence-corrected chi connectivity index (χ0v) is 13.4. The number of morpholine rings is 1. The summed E-state index contributed by atoms with van der Waals surface area (Å²) < 4.78 is 6.93. The largest absolute Gasteiger partial charge is 0.479 e. The summed E-state index contributed by atoms with van der Waals surface area (Å²) in [6, 6.07) is 9.87. The number of ether oxygens (including phenoxy) is 1. The molecule has 1 aliphatic heterocycles. The lowest BCUT2D eigenvalue weighted by molar-refractivity contribution is -0.154. The summed E-state index contributed by atoms with van der Waals surface area (Å²) in [6.07, 6.45) is 0.577. The Balaban J connectivity index is 1.75. The van der Waals surface area contributed by atoms with E-state index in [1.165, 1.54) is 4.90 Å². The molecule has 1 aromatic carbocycles. The number of amides is 1. The Morgan fingerprint density at radius 3 is 2.79 bits per heavy atom. The molecule has 126 valence electrons. The molecule has 1 N–H and O–H groups in total. The molecule has 1 atom stereocenters. The summed E-state index contributed by atoms with van der Waals surface area (Å²) in [7, 11) is 0. The van der Waals surface area contributed by atoms with Crippen molar-refractivity contribution in [3.63, 3.8) is 0 Å². The van der Waals surface area contributed by atoms with Crippen LogP contribution < -0.4 is 0 Å². The maximum absolute atomic E-state index is 12.7. The third-order valence-corrected chi connectivity index (χ3v) is 4.14. The van der Waals surface area contributed by atoms with Crippen molar-refractivity contribution in [3.8, 4) is 0 Å². The third-order valence-electron chi connectivity index (χ3n) is 4.14. The predicted octanol–water partition coefficient (Wildman–Crippen LogP) is 1.17. The Labute approximate surface area is 139 Å². The summed E-state index contributed by atoms with van der Waals surface area (Å²) in [5.41, 5.74) is 2.36. The molecule has 3 rings (SSSR count). The summed E-state index contributed by atoms with van der Waals surface area (Å²) in [5.74, 6) is -1.26. The van der Waals surface area contributed by atoms with E-state index in [0.29, 0.717) is 18.7 Å². The van der Waals surface area contributed by atoms with Crippen LogP contribution in [0.15, 0.2) is 36.5 Å². The van der Waals surface area contributed by atoms with Crippen molar-refractivity contribution < 1.29 is 19.4 Å². The summed E-state index contributed by atoms with van der Waals surface area (Å²) in [5, 5.41) is 13.4. The van der Waals surface area contributed by atoms with Crippen molar-refractivity contribution in [2.45, 2.75) is 19.6 Å². The van der Waals surface area contributed by atoms with Gasteiger partial charge in [0.15, 0.2) is 6.10 Å². The number of carboxylic acid groups (broad SMARTS) is 1. The predicted molar refractivity (Wildman–Crippen MR) is 85.8 cm³/mol. The van der Waals surface area contributed by atoms with Crippen LogP contribution in [-0.2, 0) is 16.1 Å². The first-order chi connectivity index (χ1) is 11.6. The molecular formula is C17H19N3O4. The van der Waals surface area contributed by atoms with Gasteiger partial charge in [-0.3, -0.25) is 9.48 Å². The molecule has 0 radical (unpaired) electrons. The van der Waals surface area contributed by atoms with Gasteiger partial charge in [0.25, 0.3) is 5.91 Å². The van der Waals surface area contributed by atoms with Crippen molar-refractivity contribution in [2.75, 3.05) is 19.7 Å². The van der Waals surface area contributed by atoms with Crippen molar-refractivity contribution in [1.82, 2.24) is 14.7 Å². The number of benzene rings is 1. The maximum atomic E-state index is 12.7. The van der Waals surface area contributed by atoms with Gasteiger partial charge in [-0.15, -0.1) is 0 Å². The normalized spacial score (nSPS) is 17.7. The molecule has 0 bridgehead atoms. The Morgan fingerprint density at radius 1 is 1.33 bits per heavy atom. The van der Waals surface area contributed by atoms with Crippen LogP contribution >= 0.6 is 0 Å². The number of hydrogen-bond acceptors (Lipinski definition) is 4. The van der Waals surface area contributed by atoms with Crippen LogP contribution in [0, 0.1) is 6.92 Å². The lowest BCUT2D eigenvalue weighted by atomic mass is 10.2. The molecule has 1 aliphatic rings. The van der Waals surface area contributed by atoms with Crippen molar-refractivity contribution in [2.24, 2.45) is 0 Å². The first-order valence-corrected chi connectivity index (χ1v) is 7.76. The van der Waals surface area contributed by atoms with E-state index < -0.39 is 12.1 Å². The monoisotopic (exact) mass is 329 g/mol. The van der Waals surface area contributed by atoms with Crippen LogP contribution in [0.4, 0.5) is 0 Å². The number of rotatable bonds is 4. The van der Waals surface area contributed by atoms with E-state index in [1.54, 1.807) is 10.9 Å². The summed E-state index contributed by atoms with van der Waals surface area (Å²) >= 11 is 0. The molecule has 1 aromatic heterocycles. The van der Waals surface area contributed by atoms with Crippen LogP contribution in [0.25, 0.3) is 0 Å². The number of nitrogens with zero attached hydrogens (tertiary/aromatic N) is 3. The van der Waals surface area contributed by atoms with E-state index in [1.807, 2.05) is 37.3 Å². The Morgan fingerprint density at radius 2 is 2.08 bits per heavy atom. The lowest BCUT2D eigenvalue weighted by Gasteiger charge is -2.30. The van der Waals surface area contributed by atoms with Gasteiger partial charge in [0.05, 0.1) is 31.5 Å². The lowest BCUT2D eigenvalue weighted by Crippen LogP contribution is -2.48. The molecule has 24 heavy (non-hydrogen) atoms. The average molecular weight is 329 g/mol. The first kappa shape index (κ1) is 16.2. The molecule has 1 fully saturated rings. The standard InChI is InChI=1S/C17H19N3O4/c1-12-14(9-18-20(12)10-13-5-3-2-4-6-13)16(21)19-7-8-24-15(11-19)17(22)23/h2-6,9,15H,7-8,10-11H2,1H3,(H,22,23)/t15-/m1/s1. The number of aromatic nitrogens is 2. The molecule has 7 nitrogen and oxygen atoms in total. The van der Waals surface area contributed by atoms with E-state index in [0.717, 1.165) is 11.3 Å². The second-order valence-electron chi connectivity index (χ2n) is 5.74. The van der Waals surface area contributed by atoms with Gasteiger partial charge >= 0.3 is 5.97 Å². The fourth-order valence-electron chi connectivity index (χ4n) is 2.73. The van der Waals surface area contributed by atoms with Gasteiger partial charge in [0.1, 0.15) is 0 Å². The van der Waals surface area contributed by atoms with E-state index in [2.05, 4.69) is 5.10 Å². The number of hydrogen-bond donors (Lipinski definition) is 1. The molecule has 0 spiro atoms. The highest BCUT2D eigenvalue weighted by molar-refractivity contribution is 5.95. The molecule has 1 amide bonds. The number of aliphatic carboxylic acids is 1. The molecule has 7 heteroatoms. The van der Waals surface area contributed by atoms with E-state index >= 15 is 0 Å². The van der Waals surface area contributed by atoms with Gasteiger partial charge < -0.3 is 14.7 Å². The van der Waals surface area contributed by atoms with Crippen molar-refractivity contribution >= 4 is 11.9 Å². The van der Waals surface area contributed by atoms with Crippen molar-refractivity contribution in [3.05, 3.63) is 53.3 Å². The fourth-order valence-corrected chi connectivity index (χ4v) is 2.73. The Kier molecular flexibility index (Phi) is 4.61. The SMILES string of the molecule is Cc1c(C(=O)N2CCO[C@@H](C(=O)O)C2)cnn1Cc1ccccc1. The van der Waals surface area contributed by atoms with E-state index in [4.69, 9.17) is 9.84 Å². The minimum atomic E-state index is -1.05.